The Morgan fingerprint density at radius 1 is 1.32 bits per heavy atom. The van der Waals surface area contributed by atoms with Crippen molar-refractivity contribution in [3.05, 3.63) is 46.5 Å². The highest BCUT2D eigenvalue weighted by atomic mass is 32.1. The van der Waals surface area contributed by atoms with E-state index in [-0.39, 0.29) is 5.03 Å². The Balaban J connectivity index is 2.74. The van der Waals surface area contributed by atoms with Crippen LogP contribution in [-0.4, -0.2) is 5.91 Å². The Morgan fingerprint density at radius 3 is 2.47 bits per heavy atom. The standard InChI is InChI=1S/C14H11N3OS/c1-14(9-5-3-2-4-6-9)10(7-15)12(18)17-13(19)11(14)8-16/h2-6,10,19H,1H3,(H,17,18). The van der Waals surface area contributed by atoms with Gasteiger partial charge in [-0.1, -0.05) is 30.3 Å². The lowest BCUT2D eigenvalue weighted by atomic mass is 9.66. The van der Waals surface area contributed by atoms with E-state index in [0.29, 0.717) is 5.57 Å². The van der Waals surface area contributed by atoms with E-state index >= 15 is 0 Å². The maximum atomic E-state index is 12.0. The lowest BCUT2D eigenvalue weighted by Gasteiger charge is -2.37. The molecule has 0 bridgehead atoms. The molecule has 1 heterocycles. The Morgan fingerprint density at radius 2 is 1.95 bits per heavy atom. The number of carbonyl (C=O) groups excluding carboxylic acids is 1. The predicted molar refractivity (Wildman–Crippen MR) is 72.7 cm³/mol. The molecule has 0 fully saturated rings. The van der Waals surface area contributed by atoms with Gasteiger partial charge in [-0.2, -0.15) is 10.5 Å². The Bertz CT molecular complexity index is 639. The first-order valence-corrected chi connectivity index (χ1v) is 6.10. The lowest BCUT2D eigenvalue weighted by Crippen LogP contribution is -2.48. The molecule has 1 N–H and O–H groups in total. The molecule has 5 heteroatoms. The number of rotatable bonds is 1. The maximum absolute atomic E-state index is 12.0. The minimum Gasteiger partial charge on any atom is -0.319 e. The average molecular weight is 269 g/mol. The summed E-state index contributed by atoms with van der Waals surface area (Å²) < 4.78 is 0. The van der Waals surface area contributed by atoms with Gasteiger partial charge in [0, 0.05) is 0 Å². The average Bonchev–Trinajstić information content (AvgIpc) is 2.40. The fraction of sp³-hybridized carbons (Fsp3) is 0.214. The van der Waals surface area contributed by atoms with Crippen LogP contribution in [0.25, 0.3) is 0 Å². The van der Waals surface area contributed by atoms with Gasteiger partial charge in [0.2, 0.25) is 5.91 Å². The smallest absolute Gasteiger partial charge is 0.243 e. The molecule has 19 heavy (non-hydrogen) atoms. The summed E-state index contributed by atoms with van der Waals surface area (Å²) in [4.78, 5) is 12.0. The number of hydrogen-bond acceptors (Lipinski definition) is 4. The van der Waals surface area contributed by atoms with Gasteiger partial charge >= 0.3 is 0 Å². The number of amides is 1. The van der Waals surface area contributed by atoms with E-state index < -0.39 is 17.2 Å². The van der Waals surface area contributed by atoms with Crippen LogP contribution in [0.2, 0.25) is 0 Å². The van der Waals surface area contributed by atoms with E-state index in [4.69, 9.17) is 0 Å². The quantitative estimate of drug-likeness (QED) is 0.764. The lowest BCUT2D eigenvalue weighted by molar-refractivity contribution is -0.124. The zero-order valence-corrected chi connectivity index (χ0v) is 11.1. The molecule has 0 aliphatic carbocycles. The summed E-state index contributed by atoms with van der Waals surface area (Å²) in [6.07, 6.45) is 0. The molecule has 1 amide bonds. The third kappa shape index (κ3) is 1.89. The summed E-state index contributed by atoms with van der Waals surface area (Å²) in [5.41, 5.74) is 0.0668. The van der Waals surface area contributed by atoms with Crippen molar-refractivity contribution in [3.63, 3.8) is 0 Å². The van der Waals surface area contributed by atoms with E-state index in [0.717, 1.165) is 5.56 Å². The van der Waals surface area contributed by atoms with E-state index in [1.807, 2.05) is 24.3 Å². The van der Waals surface area contributed by atoms with Crippen molar-refractivity contribution in [1.82, 2.24) is 5.32 Å². The van der Waals surface area contributed by atoms with Crippen molar-refractivity contribution in [2.45, 2.75) is 12.3 Å². The SMILES string of the molecule is CC1(c2ccccc2)C(C#N)=C(S)NC(=O)C1C#N. The van der Waals surface area contributed by atoms with Crippen LogP contribution >= 0.6 is 12.6 Å². The molecule has 2 unspecified atom stereocenters. The number of carbonyl (C=O) groups is 1. The molecule has 1 aromatic carbocycles. The second-order valence-corrected chi connectivity index (χ2v) is 4.90. The monoisotopic (exact) mass is 269 g/mol. The van der Waals surface area contributed by atoms with Crippen LogP contribution < -0.4 is 5.32 Å². The van der Waals surface area contributed by atoms with E-state index in [9.17, 15) is 15.3 Å². The Labute approximate surface area is 116 Å². The van der Waals surface area contributed by atoms with Crippen LogP contribution in [0.3, 0.4) is 0 Å². The van der Waals surface area contributed by atoms with Crippen LogP contribution in [0.1, 0.15) is 12.5 Å². The molecular formula is C14H11N3OS. The number of nitriles is 2. The summed E-state index contributed by atoms with van der Waals surface area (Å²) in [6.45, 7) is 1.73. The minimum absolute atomic E-state index is 0.213. The number of allylic oxidation sites excluding steroid dienone is 1. The third-order valence-corrected chi connectivity index (χ3v) is 3.79. The van der Waals surface area contributed by atoms with Crippen molar-refractivity contribution >= 4 is 18.5 Å². The molecule has 94 valence electrons. The summed E-state index contributed by atoms with van der Waals surface area (Å²) in [5.74, 6) is -1.39. The first-order valence-electron chi connectivity index (χ1n) is 5.65. The summed E-state index contributed by atoms with van der Waals surface area (Å²) in [6, 6.07) is 13.1. The summed E-state index contributed by atoms with van der Waals surface area (Å²) >= 11 is 4.15. The number of nitrogens with zero attached hydrogens (tertiary/aromatic N) is 2. The number of nitrogens with one attached hydrogen (secondary N) is 1. The summed E-state index contributed by atoms with van der Waals surface area (Å²) in [5, 5.41) is 21.3. The number of benzene rings is 1. The van der Waals surface area contributed by atoms with Gasteiger partial charge in [-0.3, -0.25) is 4.79 Å². The van der Waals surface area contributed by atoms with Gasteiger partial charge in [-0.25, -0.2) is 0 Å². The highest BCUT2D eigenvalue weighted by molar-refractivity contribution is 7.84. The molecule has 0 saturated heterocycles. The first-order chi connectivity index (χ1) is 9.05. The third-order valence-electron chi connectivity index (χ3n) is 3.45. The van der Waals surface area contributed by atoms with Gasteiger partial charge < -0.3 is 5.32 Å². The topological polar surface area (TPSA) is 76.7 Å². The highest BCUT2D eigenvalue weighted by Crippen LogP contribution is 2.43. The Hall–Kier alpha value is -2.24. The van der Waals surface area contributed by atoms with Crippen molar-refractivity contribution in [1.29, 1.82) is 10.5 Å². The fourth-order valence-corrected chi connectivity index (χ4v) is 2.75. The van der Waals surface area contributed by atoms with Crippen LogP contribution in [0.4, 0.5) is 0 Å². The van der Waals surface area contributed by atoms with Crippen molar-refractivity contribution in [3.8, 4) is 12.1 Å². The highest BCUT2D eigenvalue weighted by Gasteiger charge is 2.48. The molecule has 2 atom stereocenters. The normalized spacial score (nSPS) is 26.3. The molecule has 0 radical (unpaired) electrons. The van der Waals surface area contributed by atoms with Gasteiger partial charge in [0.1, 0.15) is 5.92 Å². The van der Waals surface area contributed by atoms with Crippen molar-refractivity contribution in [2.75, 3.05) is 0 Å². The Kier molecular flexibility index (Phi) is 3.33. The molecule has 1 aromatic rings. The molecule has 0 spiro atoms. The van der Waals surface area contributed by atoms with Crippen molar-refractivity contribution in [2.24, 2.45) is 5.92 Å². The molecule has 0 aromatic heterocycles. The fourth-order valence-electron chi connectivity index (χ4n) is 2.36. The maximum Gasteiger partial charge on any atom is 0.243 e. The molecular weight excluding hydrogens is 258 g/mol. The zero-order chi connectivity index (χ0) is 14.0. The van der Waals surface area contributed by atoms with Gasteiger partial charge in [0.05, 0.1) is 28.2 Å². The van der Waals surface area contributed by atoms with E-state index in [2.05, 4.69) is 24.0 Å². The van der Waals surface area contributed by atoms with Crippen LogP contribution in [-0.2, 0) is 10.2 Å². The zero-order valence-electron chi connectivity index (χ0n) is 10.2. The molecule has 2 rings (SSSR count). The second-order valence-electron chi connectivity index (χ2n) is 4.46. The predicted octanol–water partition coefficient (Wildman–Crippen LogP) is 1.88. The van der Waals surface area contributed by atoms with Crippen molar-refractivity contribution < 1.29 is 4.79 Å². The molecule has 0 saturated carbocycles. The van der Waals surface area contributed by atoms with Gasteiger partial charge in [0.15, 0.2) is 0 Å². The molecule has 4 nitrogen and oxygen atoms in total. The minimum atomic E-state index is -0.982. The largest absolute Gasteiger partial charge is 0.319 e. The van der Waals surface area contributed by atoms with Crippen LogP contribution in [0, 0.1) is 28.6 Å². The van der Waals surface area contributed by atoms with Gasteiger partial charge in [-0.05, 0) is 12.5 Å². The van der Waals surface area contributed by atoms with Crippen LogP contribution in [0.15, 0.2) is 40.9 Å². The summed E-state index contributed by atoms with van der Waals surface area (Å²) in [7, 11) is 0. The van der Waals surface area contributed by atoms with E-state index in [1.165, 1.54) is 0 Å². The molecule has 1 aliphatic rings. The first kappa shape index (κ1) is 13.2. The number of hydrogen-bond donors (Lipinski definition) is 2. The van der Waals surface area contributed by atoms with E-state index in [1.54, 1.807) is 19.1 Å². The number of thiol groups is 1. The van der Waals surface area contributed by atoms with Gasteiger partial charge in [-0.15, -0.1) is 12.6 Å². The molecule has 1 aliphatic heterocycles. The second kappa shape index (κ2) is 4.79. The van der Waals surface area contributed by atoms with Gasteiger partial charge in [0.25, 0.3) is 0 Å². The van der Waals surface area contributed by atoms with Crippen LogP contribution in [0.5, 0.6) is 0 Å².